The zero-order valence-electron chi connectivity index (χ0n) is 23.3. The van der Waals surface area contributed by atoms with Crippen molar-refractivity contribution in [3.63, 3.8) is 0 Å². The average Bonchev–Trinajstić information content (AvgIpc) is 3.35. The third-order valence-corrected chi connectivity index (χ3v) is 8.87. The van der Waals surface area contributed by atoms with Gasteiger partial charge in [-0.25, -0.2) is 8.42 Å². The summed E-state index contributed by atoms with van der Waals surface area (Å²) in [6.07, 6.45) is 5.36. The second-order valence-corrected chi connectivity index (χ2v) is 14.0. The summed E-state index contributed by atoms with van der Waals surface area (Å²) in [4.78, 5) is 28.7. The van der Waals surface area contributed by atoms with Crippen LogP contribution in [0.3, 0.4) is 0 Å². The minimum Gasteiger partial charge on any atom is -0.352 e. The number of carbonyl (C=O) groups excluding carboxylic acids is 2. The van der Waals surface area contributed by atoms with Crippen molar-refractivity contribution >= 4 is 50.7 Å². The molecule has 0 unspecified atom stereocenters. The quantitative estimate of drug-likeness (QED) is 0.369. The van der Waals surface area contributed by atoms with Crippen molar-refractivity contribution in [1.29, 1.82) is 0 Å². The van der Waals surface area contributed by atoms with Crippen LogP contribution in [-0.2, 0) is 31.6 Å². The standard InChI is InChI=1S/C29H39Cl2N3O4S/c1-6-26(28(36)32-23-9-7-8-10-23)33(18-20-11-14-22(30)17-25(20)31)27(35)19-34(39(5,37)38)24-15-12-21(13-16-24)29(2,3)4/h11-17,23,26H,6-10,18-19H2,1-5H3,(H,32,36)/t26-/m0/s1. The molecule has 0 radical (unpaired) electrons. The van der Waals surface area contributed by atoms with E-state index in [9.17, 15) is 18.0 Å². The molecule has 3 rings (SSSR count). The van der Waals surface area contributed by atoms with Gasteiger partial charge >= 0.3 is 0 Å². The fraction of sp³-hybridized carbons (Fsp3) is 0.517. The van der Waals surface area contributed by atoms with Gasteiger partial charge in [-0.1, -0.05) is 81.9 Å². The van der Waals surface area contributed by atoms with Gasteiger partial charge in [0.1, 0.15) is 12.6 Å². The molecule has 1 saturated carbocycles. The van der Waals surface area contributed by atoms with Gasteiger partial charge < -0.3 is 10.2 Å². The lowest BCUT2D eigenvalue weighted by atomic mass is 9.87. The van der Waals surface area contributed by atoms with Crippen molar-refractivity contribution < 1.29 is 18.0 Å². The molecule has 39 heavy (non-hydrogen) atoms. The van der Waals surface area contributed by atoms with Crippen LogP contribution in [0.1, 0.15) is 70.9 Å². The molecule has 0 spiro atoms. The first-order valence-electron chi connectivity index (χ1n) is 13.3. The second-order valence-electron chi connectivity index (χ2n) is 11.2. The van der Waals surface area contributed by atoms with Crippen LogP contribution in [0.15, 0.2) is 42.5 Å². The van der Waals surface area contributed by atoms with E-state index in [1.807, 2.05) is 19.1 Å². The van der Waals surface area contributed by atoms with Crippen LogP contribution >= 0.6 is 23.2 Å². The Bertz CT molecular complexity index is 1270. The topological polar surface area (TPSA) is 86.8 Å². The number of amides is 2. The Morgan fingerprint density at radius 3 is 2.18 bits per heavy atom. The highest BCUT2D eigenvalue weighted by molar-refractivity contribution is 7.92. The largest absolute Gasteiger partial charge is 0.352 e. The molecule has 0 aromatic heterocycles. The smallest absolute Gasteiger partial charge is 0.244 e. The van der Waals surface area contributed by atoms with Gasteiger partial charge in [0, 0.05) is 22.6 Å². The van der Waals surface area contributed by atoms with Gasteiger partial charge in [-0.2, -0.15) is 0 Å². The van der Waals surface area contributed by atoms with Crippen molar-refractivity contribution in [3.05, 3.63) is 63.6 Å². The number of hydrogen-bond acceptors (Lipinski definition) is 4. The van der Waals surface area contributed by atoms with Gasteiger partial charge in [0.2, 0.25) is 21.8 Å². The number of benzene rings is 2. The first-order chi connectivity index (χ1) is 18.2. The lowest BCUT2D eigenvalue weighted by Crippen LogP contribution is -2.53. The van der Waals surface area contributed by atoms with Crippen molar-refractivity contribution in [2.45, 2.75) is 83.8 Å². The Kier molecular flexibility index (Phi) is 10.3. The molecule has 2 amide bonds. The van der Waals surface area contributed by atoms with Gasteiger partial charge in [-0.05, 0) is 60.1 Å². The number of nitrogens with zero attached hydrogens (tertiary/aromatic N) is 2. The van der Waals surface area contributed by atoms with E-state index >= 15 is 0 Å². The maximum absolute atomic E-state index is 13.9. The molecule has 1 fully saturated rings. The zero-order chi connectivity index (χ0) is 29.0. The van der Waals surface area contributed by atoms with Crippen LogP contribution < -0.4 is 9.62 Å². The van der Waals surface area contributed by atoms with Crippen LogP contribution in [0.4, 0.5) is 5.69 Å². The third kappa shape index (κ3) is 8.35. The number of halogens is 2. The lowest BCUT2D eigenvalue weighted by Gasteiger charge is -2.33. The molecule has 1 atom stereocenters. The summed E-state index contributed by atoms with van der Waals surface area (Å²) < 4.78 is 26.8. The van der Waals surface area contributed by atoms with Gasteiger partial charge in [0.15, 0.2) is 0 Å². The molecule has 1 aliphatic rings. The van der Waals surface area contributed by atoms with Crippen LogP contribution in [0.25, 0.3) is 0 Å². The number of sulfonamides is 1. The van der Waals surface area contributed by atoms with E-state index in [2.05, 4.69) is 26.1 Å². The summed E-state index contributed by atoms with van der Waals surface area (Å²) in [6, 6.07) is 11.4. The van der Waals surface area contributed by atoms with Crippen LogP contribution in [0.2, 0.25) is 10.0 Å². The fourth-order valence-corrected chi connectivity index (χ4v) is 6.18. The van der Waals surface area contributed by atoms with Gasteiger partial charge in [0.05, 0.1) is 11.9 Å². The molecule has 0 bridgehead atoms. The molecule has 7 nitrogen and oxygen atoms in total. The molecular formula is C29H39Cl2N3O4S. The molecular weight excluding hydrogens is 557 g/mol. The van der Waals surface area contributed by atoms with Gasteiger partial charge in [0.25, 0.3) is 0 Å². The Balaban J connectivity index is 1.95. The van der Waals surface area contributed by atoms with E-state index in [1.54, 1.807) is 30.3 Å². The van der Waals surface area contributed by atoms with Crippen LogP contribution in [-0.4, -0.2) is 50.0 Å². The summed E-state index contributed by atoms with van der Waals surface area (Å²) in [7, 11) is -3.81. The molecule has 2 aromatic rings. The highest BCUT2D eigenvalue weighted by atomic mass is 35.5. The van der Waals surface area contributed by atoms with E-state index < -0.39 is 28.5 Å². The average molecular weight is 597 g/mol. The molecule has 1 N–H and O–H groups in total. The molecule has 1 aliphatic carbocycles. The Hall–Kier alpha value is -2.29. The van der Waals surface area contributed by atoms with Crippen LogP contribution in [0, 0.1) is 0 Å². The lowest BCUT2D eigenvalue weighted by molar-refractivity contribution is -0.140. The maximum Gasteiger partial charge on any atom is 0.244 e. The Morgan fingerprint density at radius 2 is 1.67 bits per heavy atom. The first-order valence-corrected chi connectivity index (χ1v) is 15.9. The molecule has 0 heterocycles. The maximum atomic E-state index is 13.9. The van der Waals surface area contributed by atoms with Crippen LogP contribution in [0.5, 0.6) is 0 Å². The van der Waals surface area contributed by atoms with Crippen molar-refractivity contribution in [3.8, 4) is 0 Å². The number of carbonyl (C=O) groups is 2. The number of hydrogen-bond donors (Lipinski definition) is 1. The minimum absolute atomic E-state index is 0.0337. The highest BCUT2D eigenvalue weighted by Gasteiger charge is 2.33. The van der Waals surface area contributed by atoms with E-state index in [1.165, 1.54) is 4.90 Å². The summed E-state index contributed by atoms with van der Waals surface area (Å²) in [5.41, 5.74) is 1.92. The highest BCUT2D eigenvalue weighted by Crippen LogP contribution is 2.28. The number of anilines is 1. The summed E-state index contributed by atoms with van der Waals surface area (Å²) >= 11 is 12.5. The molecule has 10 heteroatoms. The predicted molar refractivity (Wildman–Crippen MR) is 159 cm³/mol. The predicted octanol–water partition coefficient (Wildman–Crippen LogP) is 5.92. The van der Waals surface area contributed by atoms with Crippen molar-refractivity contribution in [2.75, 3.05) is 17.1 Å². The van der Waals surface area contributed by atoms with E-state index in [0.29, 0.717) is 27.7 Å². The fourth-order valence-electron chi connectivity index (χ4n) is 4.86. The number of nitrogens with one attached hydrogen (secondary N) is 1. The summed E-state index contributed by atoms with van der Waals surface area (Å²) in [6.45, 7) is 7.63. The summed E-state index contributed by atoms with van der Waals surface area (Å²) in [5, 5.41) is 3.91. The molecule has 0 aliphatic heterocycles. The molecule has 0 saturated heterocycles. The molecule has 214 valence electrons. The van der Waals surface area contributed by atoms with Crippen molar-refractivity contribution in [2.24, 2.45) is 0 Å². The SMILES string of the molecule is CC[C@@H](C(=O)NC1CCCC1)N(Cc1ccc(Cl)cc1Cl)C(=O)CN(c1ccc(C(C)(C)C)cc1)S(C)(=O)=O. The first kappa shape index (κ1) is 31.2. The van der Waals surface area contributed by atoms with E-state index in [-0.39, 0.29) is 23.9 Å². The molecule has 2 aromatic carbocycles. The normalized spacial score (nSPS) is 15.2. The number of rotatable bonds is 10. The van der Waals surface area contributed by atoms with E-state index in [0.717, 1.165) is 41.8 Å². The van der Waals surface area contributed by atoms with E-state index in [4.69, 9.17) is 23.2 Å². The van der Waals surface area contributed by atoms with Crippen molar-refractivity contribution in [1.82, 2.24) is 10.2 Å². The third-order valence-electron chi connectivity index (χ3n) is 7.14. The second kappa shape index (κ2) is 12.9. The minimum atomic E-state index is -3.81. The Labute approximate surface area is 242 Å². The monoisotopic (exact) mass is 595 g/mol. The Morgan fingerprint density at radius 1 is 1.05 bits per heavy atom. The zero-order valence-corrected chi connectivity index (χ0v) is 25.7. The van der Waals surface area contributed by atoms with Gasteiger partial charge in [-0.15, -0.1) is 0 Å². The summed E-state index contributed by atoms with van der Waals surface area (Å²) in [5.74, 6) is -0.747. The van der Waals surface area contributed by atoms with Gasteiger partial charge in [-0.3, -0.25) is 13.9 Å².